The second-order valence-electron chi connectivity index (χ2n) is 14.5. The van der Waals surface area contributed by atoms with Crippen molar-refractivity contribution >= 4 is 80.1 Å². The third-order valence-corrected chi connectivity index (χ3v) is 13.5. The minimum atomic E-state index is 1.11. The summed E-state index contributed by atoms with van der Waals surface area (Å²) < 4.78 is 5.20. The number of rotatable bonds is 7. The summed E-state index contributed by atoms with van der Waals surface area (Å²) in [5.74, 6) is 0. The van der Waals surface area contributed by atoms with Gasteiger partial charge in [0.2, 0.25) is 0 Å². The molecule has 0 unspecified atom stereocenters. The van der Waals surface area contributed by atoms with Crippen molar-refractivity contribution in [2.45, 2.75) is 0 Å². The predicted octanol–water partition coefficient (Wildman–Crippen LogP) is 16.6. The average molecular weight is 762 g/mol. The van der Waals surface area contributed by atoms with E-state index in [0.717, 1.165) is 11.4 Å². The highest BCUT2D eigenvalue weighted by molar-refractivity contribution is 7.26. The zero-order valence-electron chi connectivity index (χ0n) is 31.0. The molecule has 57 heavy (non-hydrogen) atoms. The normalized spacial score (nSPS) is 11.5. The fourth-order valence-electron chi connectivity index (χ4n) is 8.35. The lowest BCUT2D eigenvalue weighted by Crippen LogP contribution is -2.10. The van der Waals surface area contributed by atoms with Crippen LogP contribution in [0.5, 0.6) is 0 Å². The van der Waals surface area contributed by atoms with Crippen molar-refractivity contribution in [2.24, 2.45) is 0 Å². The summed E-state index contributed by atoms with van der Waals surface area (Å²) in [6.07, 6.45) is 0. The molecule has 268 valence electrons. The van der Waals surface area contributed by atoms with E-state index in [1.807, 2.05) is 22.7 Å². The third kappa shape index (κ3) is 5.91. The number of hydrogen-bond acceptors (Lipinski definition) is 3. The van der Waals surface area contributed by atoms with Gasteiger partial charge < -0.3 is 4.90 Å². The van der Waals surface area contributed by atoms with Crippen molar-refractivity contribution in [3.8, 4) is 44.5 Å². The molecule has 0 bridgehead atoms. The summed E-state index contributed by atoms with van der Waals surface area (Å²) >= 11 is 3.76. The molecular formula is C54H35NS2. The number of hydrogen-bond donors (Lipinski definition) is 0. The molecule has 11 aromatic rings. The van der Waals surface area contributed by atoms with Gasteiger partial charge in [0.1, 0.15) is 0 Å². The summed E-state index contributed by atoms with van der Waals surface area (Å²) in [4.78, 5) is 2.46. The number of nitrogens with zero attached hydrogens (tertiary/aromatic N) is 1. The molecule has 3 heteroatoms. The molecule has 0 aliphatic carbocycles. The Labute approximate surface area is 340 Å². The van der Waals surface area contributed by atoms with Gasteiger partial charge in [0.05, 0.1) is 10.4 Å². The van der Waals surface area contributed by atoms with Crippen LogP contribution in [0.3, 0.4) is 0 Å². The largest absolute Gasteiger partial charge is 0.309 e. The molecule has 0 aliphatic heterocycles. The summed E-state index contributed by atoms with van der Waals surface area (Å²) in [5.41, 5.74) is 13.1. The molecule has 0 spiro atoms. The molecule has 0 atom stereocenters. The Bertz CT molecular complexity index is 3210. The summed E-state index contributed by atoms with van der Waals surface area (Å²) in [6, 6.07) is 77.6. The number of anilines is 3. The van der Waals surface area contributed by atoms with E-state index in [0.29, 0.717) is 0 Å². The Morgan fingerprint density at radius 2 is 0.754 bits per heavy atom. The van der Waals surface area contributed by atoms with E-state index in [-0.39, 0.29) is 0 Å². The van der Waals surface area contributed by atoms with Crippen molar-refractivity contribution in [3.05, 3.63) is 212 Å². The molecule has 2 aromatic heterocycles. The van der Waals surface area contributed by atoms with Gasteiger partial charge >= 0.3 is 0 Å². The molecule has 0 fully saturated rings. The van der Waals surface area contributed by atoms with Gasteiger partial charge in [-0.2, -0.15) is 0 Å². The van der Waals surface area contributed by atoms with Gasteiger partial charge in [-0.05, 0) is 81.4 Å². The Balaban J connectivity index is 1.10. The quantitative estimate of drug-likeness (QED) is 0.156. The van der Waals surface area contributed by atoms with Gasteiger partial charge in [-0.15, -0.1) is 22.7 Å². The van der Waals surface area contributed by atoms with Crippen LogP contribution >= 0.6 is 22.7 Å². The van der Waals surface area contributed by atoms with E-state index in [1.54, 1.807) is 0 Å². The molecule has 9 aromatic carbocycles. The fraction of sp³-hybridized carbons (Fsp3) is 0. The second kappa shape index (κ2) is 14.1. The highest BCUT2D eigenvalue weighted by Gasteiger charge is 2.21. The van der Waals surface area contributed by atoms with Crippen molar-refractivity contribution in [1.29, 1.82) is 0 Å². The predicted molar refractivity (Wildman–Crippen MR) is 249 cm³/mol. The Kier molecular flexibility index (Phi) is 8.28. The van der Waals surface area contributed by atoms with Gasteiger partial charge in [-0.25, -0.2) is 0 Å². The van der Waals surface area contributed by atoms with Gasteiger partial charge in [0.15, 0.2) is 0 Å². The van der Waals surface area contributed by atoms with Gasteiger partial charge in [-0.3, -0.25) is 0 Å². The summed E-state index contributed by atoms with van der Waals surface area (Å²) in [5, 5.41) is 5.19. The monoisotopic (exact) mass is 761 g/mol. The lowest BCUT2D eigenvalue weighted by molar-refractivity contribution is 1.30. The van der Waals surface area contributed by atoms with Crippen LogP contribution < -0.4 is 4.90 Å². The van der Waals surface area contributed by atoms with E-state index in [2.05, 4.69) is 217 Å². The van der Waals surface area contributed by atoms with Crippen LogP contribution in [0.25, 0.3) is 84.9 Å². The summed E-state index contributed by atoms with van der Waals surface area (Å²) in [6.45, 7) is 0. The summed E-state index contributed by atoms with van der Waals surface area (Å²) in [7, 11) is 0. The zero-order valence-corrected chi connectivity index (χ0v) is 32.6. The smallest absolute Gasteiger partial charge is 0.0640 e. The van der Waals surface area contributed by atoms with E-state index in [4.69, 9.17) is 0 Å². The van der Waals surface area contributed by atoms with Gasteiger partial charge in [0, 0.05) is 52.6 Å². The first kappa shape index (κ1) is 33.5. The van der Waals surface area contributed by atoms with E-state index < -0.39 is 0 Å². The second-order valence-corrected chi connectivity index (χ2v) is 16.6. The topological polar surface area (TPSA) is 3.24 Å². The van der Waals surface area contributed by atoms with Crippen molar-refractivity contribution in [2.75, 3.05) is 4.90 Å². The lowest BCUT2D eigenvalue weighted by Gasteiger charge is -2.27. The molecular weight excluding hydrogens is 727 g/mol. The SMILES string of the molecule is c1ccc(-c2ccc(-c3ccc(N(c4ccc(-c5ccccc5)c(-c5cccc6c5sc5ccccc56)c4)c4cccc5c4sc4ccccc45)cc3)cc2)cc1. The fourth-order valence-corrected chi connectivity index (χ4v) is 10.8. The molecule has 0 aliphatic rings. The highest BCUT2D eigenvalue weighted by atomic mass is 32.1. The number of benzene rings is 9. The molecule has 0 saturated heterocycles. The van der Waals surface area contributed by atoms with Crippen molar-refractivity contribution in [3.63, 3.8) is 0 Å². The number of fused-ring (bicyclic) bond motifs is 6. The first-order valence-corrected chi connectivity index (χ1v) is 21.0. The molecule has 0 N–H and O–H groups in total. The standard InChI is InChI=1S/C54H35NS2/c1-3-13-36(14-4-1)37-25-27-38(28-26-37)39-29-31-41(32-30-39)55(50-22-12-21-47-45-18-8-10-24-52(45)57-54(47)50)42-33-34-43(40-15-5-2-6-16-40)49(35-42)48-20-11-19-46-44-17-7-9-23-51(44)56-53(46)48/h1-35H. The first-order chi connectivity index (χ1) is 28.3. The minimum absolute atomic E-state index is 1.11. The van der Waals surface area contributed by atoms with Gasteiger partial charge in [0.25, 0.3) is 0 Å². The highest BCUT2D eigenvalue weighted by Crippen LogP contribution is 2.48. The third-order valence-electron chi connectivity index (χ3n) is 11.1. The minimum Gasteiger partial charge on any atom is -0.309 e. The van der Waals surface area contributed by atoms with Crippen LogP contribution in [0.4, 0.5) is 17.1 Å². The van der Waals surface area contributed by atoms with Crippen LogP contribution in [0.2, 0.25) is 0 Å². The Morgan fingerprint density at radius 3 is 1.40 bits per heavy atom. The molecule has 11 rings (SSSR count). The van der Waals surface area contributed by atoms with Crippen molar-refractivity contribution in [1.82, 2.24) is 0 Å². The number of thiophene rings is 2. The Morgan fingerprint density at radius 1 is 0.281 bits per heavy atom. The molecule has 0 amide bonds. The first-order valence-electron chi connectivity index (χ1n) is 19.3. The Hall–Kier alpha value is -6.78. The van der Waals surface area contributed by atoms with Crippen LogP contribution in [-0.4, -0.2) is 0 Å². The molecule has 1 nitrogen and oxygen atoms in total. The zero-order chi connectivity index (χ0) is 37.7. The van der Waals surface area contributed by atoms with E-state index in [1.165, 1.54) is 90.5 Å². The maximum atomic E-state index is 2.46. The van der Waals surface area contributed by atoms with Gasteiger partial charge in [-0.1, -0.05) is 170 Å². The van der Waals surface area contributed by atoms with Crippen LogP contribution in [0.1, 0.15) is 0 Å². The van der Waals surface area contributed by atoms with E-state index >= 15 is 0 Å². The molecule has 0 saturated carbocycles. The van der Waals surface area contributed by atoms with Crippen LogP contribution in [-0.2, 0) is 0 Å². The van der Waals surface area contributed by atoms with Crippen molar-refractivity contribution < 1.29 is 0 Å². The van der Waals surface area contributed by atoms with Crippen LogP contribution in [0.15, 0.2) is 212 Å². The lowest BCUT2D eigenvalue weighted by atomic mass is 9.92. The average Bonchev–Trinajstić information content (AvgIpc) is 3.87. The maximum absolute atomic E-state index is 2.46. The molecule has 2 heterocycles. The maximum Gasteiger partial charge on any atom is 0.0640 e. The molecule has 0 radical (unpaired) electrons. The van der Waals surface area contributed by atoms with Crippen LogP contribution in [0, 0.1) is 0 Å². The van der Waals surface area contributed by atoms with E-state index in [9.17, 15) is 0 Å².